The third-order valence-electron chi connectivity index (χ3n) is 4.47. The third kappa shape index (κ3) is 4.87. The van der Waals surface area contributed by atoms with Gasteiger partial charge in [0.1, 0.15) is 0 Å². The molecule has 0 bridgehead atoms. The maximum atomic E-state index is 9.55. The summed E-state index contributed by atoms with van der Waals surface area (Å²) in [5.41, 5.74) is -0.141. The Labute approximate surface area is 113 Å². The Morgan fingerprint density at radius 1 is 1.39 bits per heavy atom. The Balaban J connectivity index is 2.39. The summed E-state index contributed by atoms with van der Waals surface area (Å²) in [5, 5.41) is 13.0. The van der Waals surface area contributed by atoms with E-state index in [2.05, 4.69) is 38.0 Å². The highest BCUT2D eigenvalue weighted by atomic mass is 16.3. The molecule has 0 amide bonds. The van der Waals surface area contributed by atoms with Gasteiger partial charge in [-0.3, -0.25) is 0 Å². The Bertz CT molecular complexity index is 229. The minimum absolute atomic E-state index is 0.141. The molecule has 1 rings (SSSR count). The van der Waals surface area contributed by atoms with Crippen LogP contribution >= 0.6 is 0 Å². The first-order valence-corrected chi connectivity index (χ1v) is 7.57. The van der Waals surface area contributed by atoms with E-state index in [9.17, 15) is 5.11 Å². The van der Waals surface area contributed by atoms with Gasteiger partial charge in [-0.05, 0) is 52.6 Å². The van der Waals surface area contributed by atoms with Gasteiger partial charge in [-0.25, -0.2) is 0 Å². The lowest BCUT2D eigenvalue weighted by atomic mass is 9.93. The lowest BCUT2D eigenvalue weighted by Crippen LogP contribution is -2.50. The van der Waals surface area contributed by atoms with Crippen molar-refractivity contribution in [3.05, 3.63) is 0 Å². The maximum absolute atomic E-state index is 9.55. The van der Waals surface area contributed by atoms with E-state index in [4.69, 9.17) is 0 Å². The van der Waals surface area contributed by atoms with E-state index in [1.54, 1.807) is 0 Å². The highest BCUT2D eigenvalue weighted by Crippen LogP contribution is 2.26. The normalized spacial score (nSPS) is 22.3. The molecule has 2 N–H and O–H groups in total. The summed E-state index contributed by atoms with van der Waals surface area (Å²) in [4.78, 5) is 2.47. The molecule has 1 aliphatic rings. The predicted molar refractivity (Wildman–Crippen MR) is 77.8 cm³/mol. The van der Waals surface area contributed by atoms with Gasteiger partial charge in [-0.15, -0.1) is 0 Å². The molecule has 2 unspecified atom stereocenters. The Morgan fingerprint density at radius 3 is 2.50 bits per heavy atom. The van der Waals surface area contributed by atoms with E-state index in [1.807, 2.05) is 0 Å². The molecule has 2 atom stereocenters. The third-order valence-corrected chi connectivity index (χ3v) is 4.47. The zero-order chi connectivity index (χ0) is 13.6. The molecule has 1 fully saturated rings. The first kappa shape index (κ1) is 15.9. The zero-order valence-electron chi connectivity index (χ0n) is 12.7. The van der Waals surface area contributed by atoms with Crippen LogP contribution in [0.25, 0.3) is 0 Å². The van der Waals surface area contributed by atoms with E-state index < -0.39 is 0 Å². The fourth-order valence-corrected chi connectivity index (χ4v) is 3.21. The van der Waals surface area contributed by atoms with Crippen molar-refractivity contribution in [2.24, 2.45) is 5.92 Å². The molecule has 0 heterocycles. The van der Waals surface area contributed by atoms with Gasteiger partial charge in [0, 0.05) is 18.1 Å². The molecular formula is C15H32N2O. The fraction of sp³-hybridized carbons (Fsp3) is 1.00. The highest BCUT2D eigenvalue weighted by molar-refractivity contribution is 4.87. The van der Waals surface area contributed by atoms with Crippen molar-refractivity contribution >= 4 is 0 Å². The summed E-state index contributed by atoms with van der Waals surface area (Å²) < 4.78 is 0. The number of nitrogens with one attached hydrogen (secondary N) is 1. The largest absolute Gasteiger partial charge is 0.394 e. The van der Waals surface area contributed by atoms with Crippen LogP contribution in [0.3, 0.4) is 0 Å². The van der Waals surface area contributed by atoms with E-state index in [-0.39, 0.29) is 12.1 Å². The van der Waals surface area contributed by atoms with Gasteiger partial charge in [0.15, 0.2) is 0 Å². The van der Waals surface area contributed by atoms with Crippen molar-refractivity contribution in [3.8, 4) is 0 Å². The lowest BCUT2D eigenvalue weighted by molar-refractivity contribution is 0.120. The first-order chi connectivity index (χ1) is 8.50. The van der Waals surface area contributed by atoms with Gasteiger partial charge in [-0.1, -0.05) is 19.8 Å². The highest BCUT2D eigenvalue weighted by Gasteiger charge is 2.27. The van der Waals surface area contributed by atoms with Crippen LogP contribution in [0.2, 0.25) is 0 Å². The average molecular weight is 256 g/mol. The van der Waals surface area contributed by atoms with Crippen molar-refractivity contribution in [2.45, 2.75) is 64.5 Å². The van der Waals surface area contributed by atoms with Crippen LogP contribution in [0.5, 0.6) is 0 Å². The van der Waals surface area contributed by atoms with Crippen molar-refractivity contribution in [2.75, 3.05) is 26.7 Å². The minimum atomic E-state index is -0.141. The zero-order valence-corrected chi connectivity index (χ0v) is 12.7. The Kier molecular flexibility index (Phi) is 6.61. The molecule has 0 aromatic carbocycles. The smallest absolute Gasteiger partial charge is 0.0611 e. The fourth-order valence-electron chi connectivity index (χ4n) is 3.21. The summed E-state index contributed by atoms with van der Waals surface area (Å²) in [7, 11) is 2.23. The van der Waals surface area contributed by atoms with Crippen LogP contribution < -0.4 is 5.32 Å². The molecule has 0 aromatic heterocycles. The van der Waals surface area contributed by atoms with Gasteiger partial charge in [0.2, 0.25) is 0 Å². The first-order valence-electron chi connectivity index (χ1n) is 7.57. The second-order valence-electron chi connectivity index (χ2n) is 6.39. The summed E-state index contributed by atoms with van der Waals surface area (Å²) in [6.07, 6.45) is 6.64. The van der Waals surface area contributed by atoms with Gasteiger partial charge < -0.3 is 15.3 Å². The van der Waals surface area contributed by atoms with Crippen LogP contribution in [0, 0.1) is 5.92 Å². The van der Waals surface area contributed by atoms with Crippen molar-refractivity contribution in [3.63, 3.8) is 0 Å². The van der Waals surface area contributed by atoms with Crippen LogP contribution in [-0.4, -0.2) is 48.3 Å². The van der Waals surface area contributed by atoms with Crippen LogP contribution in [-0.2, 0) is 0 Å². The molecule has 0 aromatic rings. The number of nitrogens with zero attached hydrogens (tertiary/aromatic N) is 1. The summed E-state index contributed by atoms with van der Waals surface area (Å²) in [6.45, 7) is 8.84. The van der Waals surface area contributed by atoms with Crippen molar-refractivity contribution in [1.82, 2.24) is 10.2 Å². The summed E-state index contributed by atoms with van der Waals surface area (Å²) >= 11 is 0. The number of aliphatic hydroxyl groups excluding tert-OH is 1. The quantitative estimate of drug-likeness (QED) is 0.699. The van der Waals surface area contributed by atoms with Gasteiger partial charge in [0.25, 0.3) is 0 Å². The van der Waals surface area contributed by atoms with Gasteiger partial charge in [-0.2, -0.15) is 0 Å². The number of hydrogen-bond acceptors (Lipinski definition) is 3. The maximum Gasteiger partial charge on any atom is 0.0611 e. The van der Waals surface area contributed by atoms with E-state index in [0.717, 1.165) is 18.9 Å². The molecule has 1 aliphatic carbocycles. The molecular weight excluding hydrogens is 224 g/mol. The SMILES string of the molecule is CCNC(C)(CO)CC(C)N(C)CC1CCCC1. The van der Waals surface area contributed by atoms with E-state index in [1.165, 1.54) is 32.2 Å². The standard InChI is InChI=1S/C15H32N2O/c1-5-16-15(3,12-18)10-13(2)17(4)11-14-8-6-7-9-14/h13-14,16,18H,5-12H2,1-4H3. The predicted octanol–water partition coefficient (Wildman–Crippen LogP) is 2.25. The summed E-state index contributed by atoms with van der Waals surface area (Å²) in [5.74, 6) is 0.900. The van der Waals surface area contributed by atoms with Gasteiger partial charge in [0.05, 0.1) is 6.61 Å². The van der Waals surface area contributed by atoms with Crippen LogP contribution in [0.1, 0.15) is 52.9 Å². The lowest BCUT2D eigenvalue weighted by Gasteiger charge is -2.36. The topological polar surface area (TPSA) is 35.5 Å². The number of likely N-dealkylation sites (N-methyl/N-ethyl adjacent to an activating group) is 1. The molecule has 3 heteroatoms. The van der Waals surface area contributed by atoms with E-state index in [0.29, 0.717) is 6.04 Å². The molecule has 0 spiro atoms. The summed E-state index contributed by atoms with van der Waals surface area (Å²) in [6, 6.07) is 0.516. The molecule has 108 valence electrons. The number of hydrogen-bond donors (Lipinski definition) is 2. The molecule has 18 heavy (non-hydrogen) atoms. The second-order valence-corrected chi connectivity index (χ2v) is 6.39. The Hall–Kier alpha value is -0.120. The van der Waals surface area contributed by atoms with E-state index >= 15 is 0 Å². The van der Waals surface area contributed by atoms with Crippen molar-refractivity contribution < 1.29 is 5.11 Å². The van der Waals surface area contributed by atoms with Crippen LogP contribution in [0.4, 0.5) is 0 Å². The molecule has 3 nitrogen and oxygen atoms in total. The molecule has 0 radical (unpaired) electrons. The number of rotatable bonds is 8. The molecule has 0 saturated heterocycles. The van der Waals surface area contributed by atoms with Crippen molar-refractivity contribution in [1.29, 1.82) is 0 Å². The Morgan fingerprint density at radius 2 is 2.00 bits per heavy atom. The molecule has 0 aliphatic heterocycles. The van der Waals surface area contributed by atoms with Gasteiger partial charge >= 0.3 is 0 Å². The number of aliphatic hydroxyl groups is 1. The average Bonchev–Trinajstić information content (AvgIpc) is 2.82. The monoisotopic (exact) mass is 256 g/mol. The second kappa shape index (κ2) is 7.46. The van der Waals surface area contributed by atoms with Crippen LogP contribution in [0.15, 0.2) is 0 Å². The minimum Gasteiger partial charge on any atom is -0.394 e. The molecule has 1 saturated carbocycles.